The maximum Gasteiger partial charge on any atom is 0.228 e. The highest BCUT2D eigenvalue weighted by atomic mass is 16.3. The standard InChI is InChI=1S/C9H13N3O2/c1-5-10-11-9(12(5)2)8(14)7(13)6-3-4-6/h6-7,13H,3-4H2,1-2H3. The van der Waals surface area contributed by atoms with Crippen molar-refractivity contribution in [3.05, 3.63) is 11.6 Å². The monoisotopic (exact) mass is 195 g/mol. The van der Waals surface area contributed by atoms with Crippen molar-refractivity contribution in [2.24, 2.45) is 13.0 Å². The highest BCUT2D eigenvalue weighted by molar-refractivity contribution is 5.96. The van der Waals surface area contributed by atoms with Crippen molar-refractivity contribution in [1.29, 1.82) is 0 Å². The number of nitrogens with zero attached hydrogens (tertiary/aromatic N) is 3. The number of hydrogen-bond acceptors (Lipinski definition) is 4. The number of aliphatic hydroxyl groups excluding tert-OH is 1. The van der Waals surface area contributed by atoms with E-state index in [1.807, 2.05) is 0 Å². The first-order chi connectivity index (χ1) is 6.61. The average Bonchev–Trinajstić information content (AvgIpc) is 2.95. The van der Waals surface area contributed by atoms with Crippen molar-refractivity contribution in [3.63, 3.8) is 0 Å². The lowest BCUT2D eigenvalue weighted by Gasteiger charge is -2.06. The molecular weight excluding hydrogens is 182 g/mol. The molecule has 0 amide bonds. The SMILES string of the molecule is Cc1nnc(C(=O)C(O)C2CC2)n1C. The molecule has 1 heterocycles. The molecule has 1 fully saturated rings. The van der Waals surface area contributed by atoms with Crippen LogP contribution in [0.25, 0.3) is 0 Å². The van der Waals surface area contributed by atoms with Crippen LogP contribution in [0.5, 0.6) is 0 Å². The molecule has 1 unspecified atom stereocenters. The lowest BCUT2D eigenvalue weighted by atomic mass is 10.1. The third-order valence-corrected chi connectivity index (χ3v) is 2.65. The predicted octanol–water partition coefficient (Wildman–Crippen LogP) is 0.0771. The van der Waals surface area contributed by atoms with E-state index in [0.29, 0.717) is 5.82 Å². The Morgan fingerprint density at radius 1 is 1.57 bits per heavy atom. The van der Waals surface area contributed by atoms with Crippen molar-refractivity contribution < 1.29 is 9.90 Å². The number of carbonyl (C=O) groups is 1. The molecule has 0 aliphatic heterocycles. The topological polar surface area (TPSA) is 68.0 Å². The van der Waals surface area contributed by atoms with Gasteiger partial charge >= 0.3 is 0 Å². The first-order valence-electron chi connectivity index (χ1n) is 4.69. The van der Waals surface area contributed by atoms with Gasteiger partial charge in [-0.25, -0.2) is 0 Å². The molecule has 1 aliphatic carbocycles. The van der Waals surface area contributed by atoms with E-state index < -0.39 is 6.10 Å². The molecular formula is C9H13N3O2. The van der Waals surface area contributed by atoms with Crippen molar-refractivity contribution >= 4 is 5.78 Å². The minimum absolute atomic E-state index is 0.138. The van der Waals surface area contributed by atoms with Gasteiger partial charge in [-0.1, -0.05) is 0 Å². The Kier molecular flexibility index (Phi) is 2.11. The van der Waals surface area contributed by atoms with E-state index in [4.69, 9.17) is 0 Å². The predicted molar refractivity (Wildman–Crippen MR) is 48.8 cm³/mol. The van der Waals surface area contributed by atoms with Crippen LogP contribution in [0.4, 0.5) is 0 Å². The van der Waals surface area contributed by atoms with Gasteiger partial charge in [-0.3, -0.25) is 4.79 Å². The first-order valence-corrected chi connectivity index (χ1v) is 4.69. The van der Waals surface area contributed by atoms with Crippen molar-refractivity contribution in [3.8, 4) is 0 Å². The summed E-state index contributed by atoms with van der Waals surface area (Å²) in [7, 11) is 1.72. The molecule has 0 aromatic carbocycles. The number of hydrogen-bond donors (Lipinski definition) is 1. The summed E-state index contributed by atoms with van der Waals surface area (Å²) >= 11 is 0. The molecule has 0 saturated heterocycles. The number of ketones is 1. The summed E-state index contributed by atoms with van der Waals surface area (Å²) in [6.45, 7) is 1.77. The maximum atomic E-state index is 11.7. The minimum Gasteiger partial charge on any atom is -0.385 e. The van der Waals surface area contributed by atoms with Gasteiger partial charge in [0.15, 0.2) is 0 Å². The van der Waals surface area contributed by atoms with Gasteiger partial charge in [-0.15, -0.1) is 10.2 Å². The third kappa shape index (κ3) is 1.43. The number of rotatable bonds is 3. The summed E-state index contributed by atoms with van der Waals surface area (Å²) in [6.07, 6.45) is 0.977. The molecule has 1 aromatic rings. The molecule has 1 aliphatic rings. The first kappa shape index (κ1) is 9.33. The van der Waals surface area contributed by atoms with E-state index in [2.05, 4.69) is 10.2 Å². The van der Waals surface area contributed by atoms with Gasteiger partial charge in [0.05, 0.1) is 0 Å². The van der Waals surface area contributed by atoms with E-state index >= 15 is 0 Å². The van der Waals surface area contributed by atoms with Crippen LogP contribution >= 0.6 is 0 Å². The normalized spacial score (nSPS) is 18.2. The Hall–Kier alpha value is -1.23. The summed E-state index contributed by atoms with van der Waals surface area (Å²) in [5.74, 6) is 0.758. The maximum absolute atomic E-state index is 11.7. The molecule has 5 heteroatoms. The van der Waals surface area contributed by atoms with Crippen LogP contribution in [0, 0.1) is 12.8 Å². The molecule has 14 heavy (non-hydrogen) atoms. The second-order valence-corrected chi connectivity index (χ2v) is 3.78. The molecule has 5 nitrogen and oxygen atoms in total. The van der Waals surface area contributed by atoms with Crippen LogP contribution < -0.4 is 0 Å². The fraction of sp³-hybridized carbons (Fsp3) is 0.667. The zero-order chi connectivity index (χ0) is 10.3. The van der Waals surface area contributed by atoms with E-state index in [-0.39, 0.29) is 17.5 Å². The van der Waals surface area contributed by atoms with Crippen LogP contribution in [0.2, 0.25) is 0 Å². The van der Waals surface area contributed by atoms with Crippen LogP contribution in [-0.2, 0) is 7.05 Å². The van der Waals surface area contributed by atoms with Crippen molar-refractivity contribution in [2.45, 2.75) is 25.9 Å². The third-order valence-electron chi connectivity index (χ3n) is 2.65. The zero-order valence-corrected chi connectivity index (χ0v) is 8.27. The molecule has 0 spiro atoms. The fourth-order valence-corrected chi connectivity index (χ4v) is 1.38. The van der Waals surface area contributed by atoms with Gasteiger partial charge < -0.3 is 9.67 Å². The van der Waals surface area contributed by atoms with Gasteiger partial charge in [0.25, 0.3) is 0 Å². The van der Waals surface area contributed by atoms with Gasteiger partial charge in [0.2, 0.25) is 11.6 Å². The lowest BCUT2D eigenvalue weighted by molar-refractivity contribution is 0.0688. The number of Topliss-reactive ketones (excluding diaryl/α,β-unsaturated/α-hetero) is 1. The summed E-state index contributed by atoms with van der Waals surface area (Å²) in [5, 5.41) is 17.1. The van der Waals surface area contributed by atoms with Crippen molar-refractivity contribution in [2.75, 3.05) is 0 Å². The van der Waals surface area contributed by atoms with Crippen LogP contribution in [0.3, 0.4) is 0 Å². The van der Waals surface area contributed by atoms with E-state index in [1.54, 1.807) is 18.5 Å². The lowest BCUT2D eigenvalue weighted by Crippen LogP contribution is -2.25. The zero-order valence-electron chi connectivity index (χ0n) is 8.27. The Balaban J connectivity index is 2.21. The summed E-state index contributed by atoms with van der Waals surface area (Å²) in [6, 6.07) is 0. The Labute approximate surface area is 81.8 Å². The highest BCUT2D eigenvalue weighted by Gasteiger charge is 2.36. The Bertz CT molecular complexity index is 368. The highest BCUT2D eigenvalue weighted by Crippen LogP contribution is 2.33. The largest absolute Gasteiger partial charge is 0.385 e. The average molecular weight is 195 g/mol. The molecule has 1 N–H and O–H groups in total. The molecule has 0 bridgehead atoms. The smallest absolute Gasteiger partial charge is 0.228 e. The number of aryl methyl sites for hydroxylation is 1. The van der Waals surface area contributed by atoms with Crippen LogP contribution in [0.1, 0.15) is 29.3 Å². The van der Waals surface area contributed by atoms with Crippen LogP contribution in [0.15, 0.2) is 0 Å². The van der Waals surface area contributed by atoms with Gasteiger partial charge in [0, 0.05) is 7.05 Å². The number of carbonyl (C=O) groups excluding carboxylic acids is 1. The summed E-state index contributed by atoms with van der Waals surface area (Å²) in [4.78, 5) is 11.7. The summed E-state index contributed by atoms with van der Waals surface area (Å²) < 4.78 is 1.61. The summed E-state index contributed by atoms with van der Waals surface area (Å²) in [5.41, 5.74) is 0. The molecule has 1 saturated carbocycles. The molecule has 2 rings (SSSR count). The Morgan fingerprint density at radius 3 is 2.64 bits per heavy atom. The molecule has 0 radical (unpaired) electrons. The van der Waals surface area contributed by atoms with Gasteiger partial charge in [-0.2, -0.15) is 0 Å². The van der Waals surface area contributed by atoms with E-state index in [1.165, 1.54) is 0 Å². The van der Waals surface area contributed by atoms with Gasteiger partial charge in [0.1, 0.15) is 11.9 Å². The van der Waals surface area contributed by atoms with E-state index in [0.717, 1.165) is 12.8 Å². The second-order valence-electron chi connectivity index (χ2n) is 3.78. The molecule has 1 aromatic heterocycles. The number of aromatic nitrogens is 3. The molecule has 1 atom stereocenters. The molecule has 76 valence electrons. The van der Waals surface area contributed by atoms with E-state index in [9.17, 15) is 9.90 Å². The fourth-order valence-electron chi connectivity index (χ4n) is 1.38. The van der Waals surface area contributed by atoms with Crippen LogP contribution in [-0.4, -0.2) is 31.8 Å². The number of aliphatic hydroxyl groups is 1. The quantitative estimate of drug-likeness (QED) is 0.693. The van der Waals surface area contributed by atoms with Gasteiger partial charge in [-0.05, 0) is 25.7 Å². The minimum atomic E-state index is -0.891. The Morgan fingerprint density at radius 2 is 2.21 bits per heavy atom. The second kappa shape index (κ2) is 3.16. The van der Waals surface area contributed by atoms with Crippen molar-refractivity contribution in [1.82, 2.24) is 14.8 Å².